The zero-order valence-corrected chi connectivity index (χ0v) is 26.8. The lowest BCUT2D eigenvalue weighted by atomic mass is 9.83. The number of methoxy groups -OCH3 is 1. The summed E-state index contributed by atoms with van der Waals surface area (Å²) in [5, 5.41) is 24.2. The third-order valence-corrected chi connectivity index (χ3v) is 12.2. The molecule has 0 saturated carbocycles. The van der Waals surface area contributed by atoms with Gasteiger partial charge in [0, 0.05) is 30.1 Å². The zero-order chi connectivity index (χ0) is 29.1. The van der Waals surface area contributed by atoms with Crippen molar-refractivity contribution in [2.45, 2.75) is 81.7 Å². The predicted molar refractivity (Wildman–Crippen MR) is 168 cm³/mol. The Balaban J connectivity index is 1.43. The lowest BCUT2D eigenvalue weighted by Crippen LogP contribution is -2.52. The summed E-state index contributed by atoms with van der Waals surface area (Å²) in [6, 6.07) is 5.77. The minimum absolute atomic E-state index is 0.0652. The van der Waals surface area contributed by atoms with E-state index < -0.39 is 16.3 Å². The number of aromatic hydroxyl groups is 1. The lowest BCUT2D eigenvalue weighted by molar-refractivity contribution is -0.156. The van der Waals surface area contributed by atoms with Crippen LogP contribution in [0.5, 0.6) is 5.75 Å². The number of nitrogens with zero attached hydrogens (tertiary/aromatic N) is 3. The van der Waals surface area contributed by atoms with Gasteiger partial charge in [-0.25, -0.2) is 0 Å². The molecule has 4 rings (SSSR count). The van der Waals surface area contributed by atoms with Crippen molar-refractivity contribution in [2.75, 3.05) is 39.0 Å². The molecule has 1 saturated heterocycles. The molecule has 1 aromatic carbocycles. The monoisotopic (exact) mass is 609 g/mol. The van der Waals surface area contributed by atoms with Crippen molar-refractivity contribution in [3.8, 4) is 5.75 Å². The Bertz CT molecular complexity index is 1130. The maximum atomic E-state index is 12.6. The second kappa shape index (κ2) is 13.4. The van der Waals surface area contributed by atoms with Gasteiger partial charge < -0.3 is 19.7 Å². The van der Waals surface area contributed by atoms with E-state index >= 15 is 0 Å². The standard InChI is InChI=1S/C29H43N3O5S3/c1-7-8-9-11-18-12-10-13-21(33)22(18)24-31-19(14-38-24)25-32(5)20(15-39-25)23(34)28(2,3)26-30-16-29(4,40-26)27(35)37-17-36-6/h10,12-13,19-20,23,25,33-34H,7-9,11,14-17H2,1-6H3/t19-,20+,23-,25-,29+/m1/s1. The van der Waals surface area contributed by atoms with Crippen molar-refractivity contribution in [3.05, 3.63) is 29.3 Å². The molecule has 1 fully saturated rings. The number of hydrogen-bond donors (Lipinski definition) is 2. The molecule has 0 amide bonds. The molecule has 0 aromatic heterocycles. The van der Waals surface area contributed by atoms with Gasteiger partial charge in [-0.2, -0.15) is 0 Å². The van der Waals surface area contributed by atoms with E-state index in [9.17, 15) is 15.0 Å². The maximum Gasteiger partial charge on any atom is 0.326 e. The van der Waals surface area contributed by atoms with Crippen LogP contribution in [0.25, 0.3) is 0 Å². The van der Waals surface area contributed by atoms with Gasteiger partial charge in [0.2, 0.25) is 0 Å². The Labute approximate surface area is 251 Å². The van der Waals surface area contributed by atoms with E-state index in [-0.39, 0.29) is 30.2 Å². The molecule has 5 atom stereocenters. The minimum Gasteiger partial charge on any atom is -0.507 e. The second-order valence-corrected chi connectivity index (χ2v) is 15.1. The molecule has 3 heterocycles. The summed E-state index contributed by atoms with van der Waals surface area (Å²) in [6.07, 6.45) is 3.69. The fourth-order valence-corrected chi connectivity index (χ4v) is 9.50. The number of likely N-dealkylation sites (N-methyl/N-ethyl adjacent to an activating group) is 1. The SMILES string of the molecule is CCCCCc1cccc(O)c1C1=N[C@@H]([C@H]2SC[C@@H]([C@@H](O)C(C)(C)C3=NC[C@@](C)(C(=O)OCOC)S3)N2C)CS1. The predicted octanol–water partition coefficient (Wildman–Crippen LogP) is 4.80. The molecule has 0 radical (unpaired) electrons. The van der Waals surface area contributed by atoms with E-state index in [1.54, 1.807) is 17.8 Å². The molecule has 0 unspecified atom stereocenters. The average molecular weight is 610 g/mol. The number of aliphatic hydroxyl groups is 1. The van der Waals surface area contributed by atoms with Crippen LogP contribution in [0, 0.1) is 5.41 Å². The van der Waals surface area contributed by atoms with Crippen LogP contribution in [0.2, 0.25) is 0 Å². The van der Waals surface area contributed by atoms with Gasteiger partial charge in [-0.15, -0.1) is 23.5 Å². The van der Waals surface area contributed by atoms with Crippen LogP contribution in [0.4, 0.5) is 0 Å². The fourth-order valence-electron chi connectivity index (χ4n) is 5.41. The first-order valence-electron chi connectivity index (χ1n) is 14.0. The highest BCUT2D eigenvalue weighted by Gasteiger charge is 2.51. The third kappa shape index (κ3) is 6.54. The van der Waals surface area contributed by atoms with Crippen molar-refractivity contribution < 1.29 is 24.5 Å². The van der Waals surface area contributed by atoms with Crippen LogP contribution in [-0.2, 0) is 20.7 Å². The van der Waals surface area contributed by atoms with Crippen LogP contribution < -0.4 is 0 Å². The molecule has 8 nitrogen and oxygen atoms in total. The first-order valence-corrected chi connectivity index (χ1v) is 16.8. The number of carbonyl (C=O) groups excluding carboxylic acids is 1. The van der Waals surface area contributed by atoms with Crippen LogP contribution in [0.1, 0.15) is 58.1 Å². The molecule has 1 aromatic rings. The van der Waals surface area contributed by atoms with Gasteiger partial charge in [0.05, 0.1) is 34.7 Å². The number of rotatable bonds is 12. The smallest absolute Gasteiger partial charge is 0.326 e. The number of thioether (sulfide) groups is 3. The normalized spacial score (nSPS) is 28.0. The number of benzene rings is 1. The largest absolute Gasteiger partial charge is 0.507 e. The number of aryl methyl sites for hydroxylation is 1. The van der Waals surface area contributed by atoms with Gasteiger partial charge in [0.15, 0.2) is 6.79 Å². The van der Waals surface area contributed by atoms with Crippen molar-refractivity contribution >= 4 is 51.3 Å². The quantitative estimate of drug-likeness (QED) is 0.197. The maximum absolute atomic E-state index is 12.6. The Kier molecular flexibility index (Phi) is 10.6. The van der Waals surface area contributed by atoms with Crippen LogP contribution >= 0.6 is 35.3 Å². The highest BCUT2D eigenvalue weighted by atomic mass is 32.2. The molecule has 3 aliphatic heterocycles. The van der Waals surface area contributed by atoms with E-state index in [0.717, 1.165) is 52.0 Å². The number of aliphatic hydroxyl groups excluding tert-OH is 1. The molecule has 40 heavy (non-hydrogen) atoms. The van der Waals surface area contributed by atoms with E-state index in [1.165, 1.54) is 25.3 Å². The summed E-state index contributed by atoms with van der Waals surface area (Å²) < 4.78 is 9.27. The Hall–Kier alpha value is -1.24. The fraction of sp³-hybridized carbons (Fsp3) is 0.690. The molecular weight excluding hydrogens is 567 g/mol. The average Bonchev–Trinajstić information content (AvgIpc) is 3.66. The van der Waals surface area contributed by atoms with E-state index in [2.05, 4.69) is 24.9 Å². The van der Waals surface area contributed by atoms with Gasteiger partial charge >= 0.3 is 5.97 Å². The number of phenols is 1. The van der Waals surface area contributed by atoms with E-state index in [0.29, 0.717) is 12.3 Å². The van der Waals surface area contributed by atoms with Gasteiger partial charge in [-0.1, -0.05) is 57.5 Å². The molecule has 11 heteroatoms. The number of phenolic OH excluding ortho intramolecular Hbond substituents is 1. The van der Waals surface area contributed by atoms with Gasteiger partial charge in [-0.05, 0) is 38.4 Å². The molecule has 3 aliphatic rings. The number of esters is 1. The summed E-state index contributed by atoms with van der Waals surface area (Å²) in [6.45, 7) is 8.25. The highest BCUT2D eigenvalue weighted by Crippen LogP contribution is 2.46. The number of hydrogen-bond acceptors (Lipinski definition) is 11. The second-order valence-electron chi connectivity index (χ2n) is 11.5. The van der Waals surface area contributed by atoms with Crippen LogP contribution in [0.15, 0.2) is 28.2 Å². The highest BCUT2D eigenvalue weighted by molar-refractivity contribution is 8.16. The van der Waals surface area contributed by atoms with E-state index in [1.807, 2.05) is 38.6 Å². The summed E-state index contributed by atoms with van der Waals surface area (Å²) in [5.74, 6) is 1.57. The summed E-state index contributed by atoms with van der Waals surface area (Å²) >= 11 is 4.93. The first kappa shape index (κ1) is 31.7. The van der Waals surface area contributed by atoms with Crippen molar-refractivity contribution in [3.63, 3.8) is 0 Å². The Morgan fingerprint density at radius 3 is 2.80 bits per heavy atom. The van der Waals surface area contributed by atoms with Crippen molar-refractivity contribution in [2.24, 2.45) is 15.4 Å². The third-order valence-electron chi connectivity index (χ3n) is 8.00. The van der Waals surface area contributed by atoms with Crippen LogP contribution in [0.3, 0.4) is 0 Å². The van der Waals surface area contributed by atoms with Gasteiger partial charge in [0.25, 0.3) is 0 Å². The summed E-state index contributed by atoms with van der Waals surface area (Å²) in [5.41, 5.74) is 1.41. The number of unbranched alkanes of at least 4 members (excludes halogenated alkanes) is 2. The first-order chi connectivity index (χ1) is 19.0. The van der Waals surface area contributed by atoms with Crippen molar-refractivity contribution in [1.29, 1.82) is 0 Å². The van der Waals surface area contributed by atoms with E-state index in [4.69, 9.17) is 19.5 Å². The molecule has 0 bridgehead atoms. The molecular formula is C29H43N3O5S3. The van der Waals surface area contributed by atoms with Crippen LogP contribution in [-0.4, -0.2) is 98.5 Å². The van der Waals surface area contributed by atoms with Gasteiger partial charge in [0.1, 0.15) is 15.5 Å². The summed E-state index contributed by atoms with van der Waals surface area (Å²) in [4.78, 5) is 24.7. The summed E-state index contributed by atoms with van der Waals surface area (Å²) in [7, 11) is 3.55. The molecule has 0 aliphatic carbocycles. The molecule has 222 valence electrons. The molecule has 0 spiro atoms. The number of aliphatic imine (C=N–C) groups is 2. The zero-order valence-electron chi connectivity index (χ0n) is 24.4. The minimum atomic E-state index is -0.825. The number of carbonyl (C=O) groups is 1. The van der Waals surface area contributed by atoms with Crippen molar-refractivity contribution in [1.82, 2.24) is 4.90 Å². The van der Waals surface area contributed by atoms with Gasteiger partial charge in [-0.3, -0.25) is 19.7 Å². The lowest BCUT2D eigenvalue weighted by Gasteiger charge is -2.38. The number of ether oxygens (including phenoxy) is 2. The topological polar surface area (TPSA) is 104 Å². The molecule has 2 N–H and O–H groups in total. The Morgan fingerprint density at radius 1 is 1.30 bits per heavy atom. The Morgan fingerprint density at radius 2 is 2.08 bits per heavy atom.